The van der Waals surface area contributed by atoms with Gasteiger partial charge in [-0.1, -0.05) is 23.8 Å². The summed E-state index contributed by atoms with van der Waals surface area (Å²) in [5.74, 6) is -0.984. The Labute approximate surface area is 216 Å². The summed E-state index contributed by atoms with van der Waals surface area (Å²) in [6, 6.07) is 10.6. The molecule has 3 amide bonds. The number of carbonyl (C=O) groups is 3. The summed E-state index contributed by atoms with van der Waals surface area (Å²) < 4.78 is 18.7. The number of nitrogens with one attached hydrogen (secondary N) is 1. The monoisotopic (exact) mass is 508 g/mol. The van der Waals surface area contributed by atoms with Crippen LogP contribution in [0.4, 0.5) is 9.18 Å². The lowest BCUT2D eigenvalue weighted by atomic mass is 9.90. The number of carbonyl (C=O) groups excluding carboxylic acids is 3. The van der Waals surface area contributed by atoms with Gasteiger partial charge in [-0.25, -0.2) is 14.0 Å². The number of amides is 3. The number of rotatable bonds is 6. The third-order valence-electron chi connectivity index (χ3n) is 6.94. The molecular formula is C28H33FN4O4. The van der Waals surface area contributed by atoms with Crippen LogP contribution >= 0.6 is 0 Å². The summed E-state index contributed by atoms with van der Waals surface area (Å²) >= 11 is 0. The van der Waals surface area contributed by atoms with Gasteiger partial charge in [0.1, 0.15) is 5.82 Å². The maximum Gasteiger partial charge on any atom is 0.338 e. The number of piperazine rings is 1. The lowest BCUT2D eigenvalue weighted by molar-refractivity contribution is -0.139. The Kier molecular flexibility index (Phi) is 7.92. The van der Waals surface area contributed by atoms with Gasteiger partial charge in [-0.2, -0.15) is 0 Å². The predicted molar refractivity (Wildman–Crippen MR) is 137 cm³/mol. The molecule has 37 heavy (non-hydrogen) atoms. The van der Waals surface area contributed by atoms with Crippen molar-refractivity contribution in [2.75, 3.05) is 46.4 Å². The molecule has 0 bridgehead atoms. The van der Waals surface area contributed by atoms with Gasteiger partial charge in [-0.3, -0.25) is 14.6 Å². The van der Waals surface area contributed by atoms with Crippen molar-refractivity contribution in [1.82, 2.24) is 20.0 Å². The Morgan fingerprint density at radius 2 is 1.73 bits per heavy atom. The highest BCUT2D eigenvalue weighted by molar-refractivity contribution is 5.95. The lowest BCUT2D eigenvalue weighted by Crippen LogP contribution is -2.53. The van der Waals surface area contributed by atoms with Crippen LogP contribution in [0, 0.1) is 19.7 Å². The molecular weight excluding hydrogens is 475 g/mol. The number of halogens is 1. The average Bonchev–Trinajstić information content (AvgIpc) is 2.88. The summed E-state index contributed by atoms with van der Waals surface area (Å²) in [5.41, 5.74) is 4.31. The minimum Gasteiger partial charge on any atom is -0.463 e. The second-order valence-electron chi connectivity index (χ2n) is 9.46. The Hall–Kier alpha value is -3.72. The van der Waals surface area contributed by atoms with Crippen molar-refractivity contribution in [3.8, 4) is 0 Å². The zero-order chi connectivity index (χ0) is 26.7. The lowest BCUT2D eigenvalue weighted by Gasteiger charge is -2.39. The first kappa shape index (κ1) is 26.3. The Balaban J connectivity index is 1.59. The maximum atomic E-state index is 13.2. The molecule has 2 aromatic carbocycles. The zero-order valence-electron chi connectivity index (χ0n) is 21.7. The minimum atomic E-state index is -0.626. The fourth-order valence-electron chi connectivity index (χ4n) is 4.80. The Bertz CT molecular complexity index is 1220. The summed E-state index contributed by atoms with van der Waals surface area (Å²) in [6.07, 6.45) is 0. The van der Waals surface area contributed by atoms with Crippen molar-refractivity contribution in [3.63, 3.8) is 0 Å². The van der Waals surface area contributed by atoms with Crippen molar-refractivity contribution >= 4 is 17.9 Å². The van der Waals surface area contributed by atoms with Gasteiger partial charge in [0.2, 0.25) is 0 Å². The summed E-state index contributed by atoms with van der Waals surface area (Å²) in [4.78, 5) is 44.4. The molecule has 1 saturated heterocycles. The van der Waals surface area contributed by atoms with E-state index in [2.05, 4.69) is 10.2 Å². The van der Waals surface area contributed by atoms with E-state index in [1.165, 1.54) is 29.2 Å². The predicted octanol–water partition coefficient (Wildman–Crippen LogP) is 3.41. The summed E-state index contributed by atoms with van der Waals surface area (Å²) in [5, 5.41) is 2.98. The molecule has 0 aromatic heterocycles. The van der Waals surface area contributed by atoms with Crippen LogP contribution in [-0.2, 0) is 9.53 Å². The van der Waals surface area contributed by atoms with Crippen molar-refractivity contribution in [3.05, 3.63) is 81.8 Å². The van der Waals surface area contributed by atoms with Crippen LogP contribution in [0.2, 0.25) is 0 Å². The van der Waals surface area contributed by atoms with E-state index in [1.807, 2.05) is 32.0 Å². The zero-order valence-corrected chi connectivity index (χ0v) is 21.7. The first-order valence-corrected chi connectivity index (χ1v) is 12.5. The van der Waals surface area contributed by atoms with Gasteiger partial charge in [-0.05, 0) is 56.2 Å². The third-order valence-corrected chi connectivity index (χ3v) is 6.94. The number of hydrogen-bond acceptors (Lipinski definition) is 5. The normalized spacial score (nSPS) is 18.6. The fraction of sp³-hybridized carbons (Fsp3) is 0.393. The number of esters is 1. The third kappa shape index (κ3) is 5.67. The molecule has 9 heteroatoms. The number of benzene rings is 2. The molecule has 2 aliphatic heterocycles. The Morgan fingerprint density at radius 3 is 2.38 bits per heavy atom. The SMILES string of the molecule is CCOC(=O)C1=C(CN2CCN(C(=O)c3ccc(F)cc3)CC2)N(C)C(=O)N[C@H]1c1cc(C)ccc1C. The smallest absolute Gasteiger partial charge is 0.338 e. The molecule has 1 atom stereocenters. The number of likely N-dealkylation sites (N-methyl/N-ethyl adjacent to an activating group) is 1. The maximum absolute atomic E-state index is 13.2. The van der Waals surface area contributed by atoms with Crippen molar-refractivity contribution in [2.45, 2.75) is 26.8 Å². The molecule has 4 rings (SSSR count). The van der Waals surface area contributed by atoms with E-state index >= 15 is 0 Å². The van der Waals surface area contributed by atoms with Gasteiger partial charge >= 0.3 is 12.0 Å². The second-order valence-corrected chi connectivity index (χ2v) is 9.46. The fourth-order valence-corrected chi connectivity index (χ4v) is 4.80. The molecule has 2 aliphatic rings. The first-order chi connectivity index (χ1) is 17.7. The largest absolute Gasteiger partial charge is 0.463 e. The van der Waals surface area contributed by atoms with Crippen LogP contribution in [-0.4, -0.2) is 79.0 Å². The van der Waals surface area contributed by atoms with Crippen LogP contribution < -0.4 is 5.32 Å². The first-order valence-electron chi connectivity index (χ1n) is 12.5. The van der Waals surface area contributed by atoms with Crippen molar-refractivity contribution in [1.29, 1.82) is 0 Å². The van der Waals surface area contributed by atoms with E-state index in [4.69, 9.17) is 4.74 Å². The molecule has 0 aliphatic carbocycles. The van der Waals surface area contributed by atoms with Gasteiger partial charge in [0.25, 0.3) is 5.91 Å². The van der Waals surface area contributed by atoms with E-state index in [1.54, 1.807) is 18.9 Å². The van der Waals surface area contributed by atoms with E-state index in [0.29, 0.717) is 49.6 Å². The molecule has 1 N–H and O–H groups in total. The molecule has 0 unspecified atom stereocenters. The average molecular weight is 509 g/mol. The van der Waals surface area contributed by atoms with Crippen LogP contribution in [0.25, 0.3) is 0 Å². The quantitative estimate of drug-likeness (QED) is 0.605. The van der Waals surface area contributed by atoms with E-state index in [9.17, 15) is 18.8 Å². The van der Waals surface area contributed by atoms with Gasteiger partial charge in [0.15, 0.2) is 0 Å². The Morgan fingerprint density at radius 1 is 1.05 bits per heavy atom. The molecule has 1 fully saturated rings. The molecule has 2 heterocycles. The minimum absolute atomic E-state index is 0.143. The number of urea groups is 1. The number of aryl methyl sites for hydroxylation is 2. The molecule has 196 valence electrons. The molecule has 0 radical (unpaired) electrons. The van der Waals surface area contributed by atoms with Crippen LogP contribution in [0.15, 0.2) is 53.7 Å². The standard InChI is InChI=1S/C28H33FN4O4/c1-5-37-27(35)24-23(31(4)28(36)30-25(24)22-16-18(2)6-7-19(22)3)17-32-12-14-33(15-13-32)26(34)20-8-10-21(29)11-9-20/h6-11,16,25H,5,12-15,17H2,1-4H3,(H,30,36)/t25-/m0/s1. The van der Waals surface area contributed by atoms with E-state index in [0.717, 1.165) is 16.7 Å². The number of hydrogen-bond donors (Lipinski definition) is 1. The summed E-state index contributed by atoms with van der Waals surface area (Å²) in [7, 11) is 1.65. The highest BCUT2D eigenvalue weighted by Crippen LogP contribution is 2.33. The van der Waals surface area contributed by atoms with Crippen LogP contribution in [0.3, 0.4) is 0 Å². The number of nitrogens with zero attached hydrogens (tertiary/aromatic N) is 3. The van der Waals surface area contributed by atoms with Gasteiger partial charge in [0, 0.05) is 51.0 Å². The van der Waals surface area contributed by atoms with E-state index < -0.39 is 12.0 Å². The van der Waals surface area contributed by atoms with Crippen LogP contribution in [0.1, 0.15) is 40.0 Å². The van der Waals surface area contributed by atoms with Gasteiger partial charge in [-0.15, -0.1) is 0 Å². The highest BCUT2D eigenvalue weighted by atomic mass is 19.1. The van der Waals surface area contributed by atoms with E-state index in [-0.39, 0.29) is 24.4 Å². The van der Waals surface area contributed by atoms with Crippen molar-refractivity contribution < 1.29 is 23.5 Å². The molecule has 0 spiro atoms. The summed E-state index contributed by atoms with van der Waals surface area (Å²) in [6.45, 7) is 8.36. The highest BCUT2D eigenvalue weighted by Gasteiger charge is 2.38. The van der Waals surface area contributed by atoms with Crippen molar-refractivity contribution in [2.24, 2.45) is 0 Å². The van der Waals surface area contributed by atoms with Gasteiger partial charge in [0.05, 0.1) is 18.2 Å². The van der Waals surface area contributed by atoms with Gasteiger partial charge < -0.3 is 15.0 Å². The van der Waals surface area contributed by atoms with Crippen LogP contribution in [0.5, 0.6) is 0 Å². The molecule has 8 nitrogen and oxygen atoms in total. The molecule has 0 saturated carbocycles. The second kappa shape index (κ2) is 11.1. The number of ether oxygens (including phenoxy) is 1. The topological polar surface area (TPSA) is 82.2 Å². The molecule has 2 aromatic rings.